The standard InChI is InChI=1S/C29H38N2O7/c1-13-15-12-16-22(31(5)6)24(34)21(27(30)37)26(36)29(16,38)25(35)19(15)23(33)20-17(32)10-9-14(18(13)20)8-7-11-28(2,3)4/h9-10,13,15-16,22,32-33,36,38H,7-8,11-12H2,1-6H3,(H2,30,37)/t13-,15+,16-,22+,29-/m0/s1. The molecule has 0 bridgehead atoms. The van der Waals surface area contributed by atoms with Crippen LogP contribution in [-0.2, 0) is 20.8 Å². The number of phenolic OH excluding ortho intramolecular Hbond substituents is 1. The number of hydrogen-bond donors (Lipinski definition) is 5. The van der Waals surface area contributed by atoms with Crippen LogP contribution in [0.2, 0.25) is 0 Å². The first kappa shape index (κ1) is 27.9. The molecule has 0 saturated heterocycles. The van der Waals surface area contributed by atoms with E-state index >= 15 is 0 Å². The van der Waals surface area contributed by atoms with Crippen molar-refractivity contribution >= 4 is 23.2 Å². The fourth-order valence-electron chi connectivity index (χ4n) is 6.74. The molecule has 9 heteroatoms. The van der Waals surface area contributed by atoms with Crippen LogP contribution in [0.25, 0.3) is 5.76 Å². The van der Waals surface area contributed by atoms with Gasteiger partial charge in [0.2, 0.25) is 5.78 Å². The molecule has 0 aliphatic heterocycles. The highest BCUT2D eigenvalue weighted by Gasteiger charge is 2.64. The number of carbonyl (C=O) groups is 3. The quantitative estimate of drug-likeness (QED) is 0.366. The number of Topliss-reactive ketones (excluding diaryl/α,β-unsaturated/α-hetero) is 2. The Bertz CT molecular complexity index is 1290. The molecule has 1 fully saturated rings. The zero-order chi connectivity index (χ0) is 28.5. The zero-order valence-electron chi connectivity index (χ0n) is 22.8. The molecular weight excluding hydrogens is 488 g/mol. The first-order valence-corrected chi connectivity index (χ1v) is 13.0. The number of aromatic hydroxyl groups is 1. The molecule has 3 aliphatic carbocycles. The summed E-state index contributed by atoms with van der Waals surface area (Å²) >= 11 is 0. The fourth-order valence-corrected chi connectivity index (χ4v) is 6.74. The normalized spacial score (nSPS) is 29.4. The number of aryl methyl sites for hydroxylation is 1. The number of likely N-dealkylation sites (N-methyl/N-ethyl adjacent to an activating group) is 1. The predicted molar refractivity (Wildman–Crippen MR) is 141 cm³/mol. The van der Waals surface area contributed by atoms with Crippen LogP contribution in [-0.4, -0.2) is 68.5 Å². The van der Waals surface area contributed by atoms with Crippen LogP contribution in [0.5, 0.6) is 5.75 Å². The lowest BCUT2D eigenvalue weighted by atomic mass is 9.55. The lowest BCUT2D eigenvalue weighted by molar-refractivity contribution is -0.154. The predicted octanol–water partition coefficient (Wildman–Crippen LogP) is 2.89. The molecule has 206 valence electrons. The number of benzene rings is 1. The summed E-state index contributed by atoms with van der Waals surface area (Å²) in [5.74, 6) is -6.77. The van der Waals surface area contributed by atoms with E-state index in [9.17, 15) is 34.8 Å². The molecule has 6 N–H and O–H groups in total. The van der Waals surface area contributed by atoms with E-state index in [1.165, 1.54) is 11.0 Å². The van der Waals surface area contributed by atoms with Gasteiger partial charge in [-0.3, -0.25) is 19.3 Å². The molecule has 5 atom stereocenters. The Kier molecular flexibility index (Phi) is 6.77. The average Bonchev–Trinajstić information content (AvgIpc) is 2.79. The van der Waals surface area contributed by atoms with Crippen molar-refractivity contribution in [3.8, 4) is 5.75 Å². The SMILES string of the molecule is C[C@@H]1c2c(CCCC(C)(C)C)ccc(O)c2C(O)=C2C(=O)[C@]3(O)C(O)=C(C(N)=O)C(=O)[C@H](N(C)C)[C@@H]3C[C@@H]21. The largest absolute Gasteiger partial charge is 0.508 e. The van der Waals surface area contributed by atoms with Gasteiger partial charge >= 0.3 is 0 Å². The number of rotatable bonds is 5. The molecule has 3 aliphatic rings. The number of phenols is 1. The molecule has 0 unspecified atom stereocenters. The van der Waals surface area contributed by atoms with E-state index in [-0.39, 0.29) is 34.6 Å². The Hall–Kier alpha value is -3.17. The maximum Gasteiger partial charge on any atom is 0.255 e. The molecule has 1 aromatic carbocycles. The maximum absolute atomic E-state index is 14.0. The molecular formula is C29H38N2O7. The van der Waals surface area contributed by atoms with Gasteiger partial charge in [0.05, 0.1) is 11.6 Å². The van der Waals surface area contributed by atoms with Gasteiger partial charge in [-0.1, -0.05) is 33.8 Å². The zero-order valence-corrected chi connectivity index (χ0v) is 22.8. The van der Waals surface area contributed by atoms with Crippen LogP contribution in [0.15, 0.2) is 29.0 Å². The van der Waals surface area contributed by atoms with E-state index in [0.717, 1.165) is 24.0 Å². The van der Waals surface area contributed by atoms with Crippen molar-refractivity contribution < 1.29 is 34.8 Å². The molecule has 1 aromatic rings. The van der Waals surface area contributed by atoms with Crippen molar-refractivity contribution in [2.24, 2.45) is 23.0 Å². The van der Waals surface area contributed by atoms with Gasteiger partial charge in [-0.15, -0.1) is 0 Å². The summed E-state index contributed by atoms with van der Waals surface area (Å²) in [5.41, 5.74) is 3.77. The van der Waals surface area contributed by atoms with Gasteiger partial charge in [-0.2, -0.15) is 0 Å². The van der Waals surface area contributed by atoms with Crippen molar-refractivity contribution in [2.75, 3.05) is 14.1 Å². The number of primary amides is 1. The Labute approximate surface area is 222 Å². The van der Waals surface area contributed by atoms with Crippen molar-refractivity contribution in [1.82, 2.24) is 4.90 Å². The number of nitrogens with two attached hydrogens (primary N) is 1. The van der Waals surface area contributed by atoms with Crippen LogP contribution in [0, 0.1) is 17.3 Å². The third-order valence-electron chi connectivity index (χ3n) is 8.54. The van der Waals surface area contributed by atoms with Crippen molar-refractivity contribution in [3.63, 3.8) is 0 Å². The van der Waals surface area contributed by atoms with Crippen LogP contribution in [0.1, 0.15) is 69.6 Å². The Balaban J connectivity index is 1.91. The fraction of sp³-hybridized carbons (Fsp3) is 0.552. The summed E-state index contributed by atoms with van der Waals surface area (Å²) in [4.78, 5) is 40.8. The number of carbonyl (C=O) groups excluding carboxylic acids is 3. The van der Waals surface area contributed by atoms with Crippen molar-refractivity contribution in [2.45, 2.75) is 70.9 Å². The van der Waals surface area contributed by atoms with E-state index in [0.29, 0.717) is 6.42 Å². The van der Waals surface area contributed by atoms with Gasteiger partial charge in [0.15, 0.2) is 11.4 Å². The van der Waals surface area contributed by atoms with Crippen molar-refractivity contribution in [1.29, 1.82) is 0 Å². The van der Waals surface area contributed by atoms with Crippen molar-refractivity contribution in [3.05, 3.63) is 45.7 Å². The van der Waals surface area contributed by atoms with E-state index in [1.54, 1.807) is 14.1 Å². The number of ketones is 2. The molecule has 4 rings (SSSR count). The van der Waals surface area contributed by atoms with Gasteiger partial charge in [0.25, 0.3) is 5.91 Å². The summed E-state index contributed by atoms with van der Waals surface area (Å²) in [6, 6.07) is 2.23. The third kappa shape index (κ3) is 4.03. The monoisotopic (exact) mass is 526 g/mol. The highest BCUT2D eigenvalue weighted by Crippen LogP contribution is 2.56. The molecule has 1 saturated carbocycles. The summed E-state index contributed by atoms with van der Waals surface area (Å²) in [6.45, 7) is 8.40. The van der Waals surface area contributed by atoms with E-state index in [4.69, 9.17) is 5.73 Å². The smallest absolute Gasteiger partial charge is 0.255 e. The van der Waals surface area contributed by atoms with Crippen LogP contribution in [0.3, 0.4) is 0 Å². The lowest BCUT2D eigenvalue weighted by Gasteiger charge is -2.51. The second-order valence-corrected chi connectivity index (χ2v) is 12.4. The number of aliphatic hydroxyl groups is 3. The number of fused-ring (bicyclic) bond motifs is 3. The highest BCUT2D eigenvalue weighted by atomic mass is 16.3. The molecule has 38 heavy (non-hydrogen) atoms. The Morgan fingerprint density at radius 3 is 2.34 bits per heavy atom. The third-order valence-corrected chi connectivity index (χ3v) is 8.54. The lowest BCUT2D eigenvalue weighted by Crippen LogP contribution is -2.66. The first-order chi connectivity index (χ1) is 17.5. The van der Waals surface area contributed by atoms with Gasteiger partial charge < -0.3 is 26.2 Å². The first-order valence-electron chi connectivity index (χ1n) is 13.0. The number of nitrogens with zero attached hydrogens (tertiary/aromatic N) is 1. The van der Waals surface area contributed by atoms with Gasteiger partial charge in [-0.25, -0.2) is 0 Å². The van der Waals surface area contributed by atoms with E-state index < -0.39 is 58.0 Å². The van der Waals surface area contributed by atoms with Gasteiger partial charge in [0.1, 0.15) is 22.8 Å². The molecule has 1 amide bonds. The van der Waals surface area contributed by atoms with Crippen LogP contribution in [0.4, 0.5) is 0 Å². The molecule has 0 radical (unpaired) electrons. The number of aliphatic hydroxyl groups excluding tert-OH is 2. The van der Waals surface area contributed by atoms with E-state index in [2.05, 4.69) is 20.8 Å². The number of amides is 1. The second-order valence-electron chi connectivity index (χ2n) is 12.4. The molecule has 0 spiro atoms. The summed E-state index contributed by atoms with van der Waals surface area (Å²) in [5, 5.41) is 44.9. The average molecular weight is 527 g/mol. The Morgan fingerprint density at radius 2 is 1.79 bits per heavy atom. The topological polar surface area (TPSA) is 161 Å². The molecule has 0 aromatic heterocycles. The van der Waals surface area contributed by atoms with Gasteiger partial charge in [-0.05, 0) is 74.2 Å². The maximum atomic E-state index is 14.0. The minimum Gasteiger partial charge on any atom is -0.508 e. The number of hydrogen-bond acceptors (Lipinski definition) is 8. The van der Waals surface area contributed by atoms with E-state index in [1.807, 2.05) is 13.0 Å². The van der Waals surface area contributed by atoms with Crippen LogP contribution >= 0.6 is 0 Å². The van der Waals surface area contributed by atoms with Gasteiger partial charge in [0, 0.05) is 11.5 Å². The molecule has 0 heterocycles. The summed E-state index contributed by atoms with van der Waals surface area (Å²) in [6.07, 6.45) is 2.65. The minimum absolute atomic E-state index is 0.0734. The second kappa shape index (κ2) is 9.24. The molecule has 9 nitrogen and oxygen atoms in total. The highest BCUT2D eigenvalue weighted by molar-refractivity contribution is 6.24. The Morgan fingerprint density at radius 1 is 1.16 bits per heavy atom. The minimum atomic E-state index is -2.63. The summed E-state index contributed by atoms with van der Waals surface area (Å²) in [7, 11) is 3.17. The summed E-state index contributed by atoms with van der Waals surface area (Å²) < 4.78 is 0. The van der Waals surface area contributed by atoms with Crippen LogP contribution < -0.4 is 5.73 Å².